The van der Waals surface area contributed by atoms with Crippen LogP contribution in [0.25, 0.3) is 0 Å². The fourth-order valence-electron chi connectivity index (χ4n) is 1.49. The highest BCUT2D eigenvalue weighted by Gasteiger charge is 2.33. The molecule has 7 heteroatoms. The van der Waals surface area contributed by atoms with Crippen LogP contribution < -0.4 is 14.2 Å². The van der Waals surface area contributed by atoms with E-state index in [1.165, 1.54) is 20.3 Å². The van der Waals surface area contributed by atoms with E-state index in [1.807, 2.05) is 20.8 Å². The standard InChI is InChI=1S/C13H19N3O4/c1-13(2,3)11(8(17)7-14)20-12-15-9(18-4)6-10(16-12)19-5/h6-7,11,14H,1-5H3. The summed E-state index contributed by atoms with van der Waals surface area (Å²) in [6.45, 7) is 5.49. The summed E-state index contributed by atoms with van der Waals surface area (Å²) in [7, 11) is 2.91. The van der Waals surface area contributed by atoms with Crippen LogP contribution in [0.15, 0.2) is 6.07 Å². The predicted octanol–water partition coefficient (Wildman–Crippen LogP) is 1.51. The summed E-state index contributed by atoms with van der Waals surface area (Å²) in [6, 6.07) is 1.47. The molecule has 1 heterocycles. The van der Waals surface area contributed by atoms with Crippen LogP contribution >= 0.6 is 0 Å². The molecule has 0 aliphatic carbocycles. The summed E-state index contributed by atoms with van der Waals surface area (Å²) < 4.78 is 15.6. The Labute approximate surface area is 117 Å². The fourth-order valence-corrected chi connectivity index (χ4v) is 1.49. The van der Waals surface area contributed by atoms with Crippen molar-refractivity contribution in [3.8, 4) is 17.8 Å². The van der Waals surface area contributed by atoms with Crippen molar-refractivity contribution in [2.24, 2.45) is 5.41 Å². The number of Topliss-reactive ketones (excluding diaryl/α,β-unsaturated/α-hetero) is 1. The molecule has 1 N–H and O–H groups in total. The van der Waals surface area contributed by atoms with Gasteiger partial charge in [-0.15, -0.1) is 0 Å². The van der Waals surface area contributed by atoms with Gasteiger partial charge in [-0.2, -0.15) is 9.97 Å². The molecule has 0 aliphatic heterocycles. The third-order valence-corrected chi connectivity index (χ3v) is 2.49. The van der Waals surface area contributed by atoms with Crippen LogP contribution in [0.4, 0.5) is 0 Å². The van der Waals surface area contributed by atoms with E-state index < -0.39 is 17.3 Å². The lowest BCUT2D eigenvalue weighted by molar-refractivity contribution is -0.123. The normalized spacial score (nSPS) is 12.4. The maximum absolute atomic E-state index is 11.8. The Hall–Kier alpha value is -2.18. The van der Waals surface area contributed by atoms with Gasteiger partial charge in [0.2, 0.25) is 17.5 Å². The number of carbonyl (C=O) groups is 1. The molecular weight excluding hydrogens is 262 g/mol. The number of methoxy groups -OCH3 is 2. The second kappa shape index (κ2) is 6.31. The number of nitrogens with zero attached hydrogens (tertiary/aromatic N) is 2. The molecule has 0 bridgehead atoms. The SMILES string of the molecule is COc1cc(OC)nc(OC(C(=O)C=N)C(C)(C)C)n1. The number of aromatic nitrogens is 2. The molecule has 0 aliphatic rings. The second-order valence-electron chi connectivity index (χ2n) is 5.15. The van der Waals surface area contributed by atoms with Gasteiger partial charge < -0.3 is 19.6 Å². The monoisotopic (exact) mass is 281 g/mol. The van der Waals surface area contributed by atoms with Gasteiger partial charge in [-0.3, -0.25) is 4.79 Å². The molecule has 110 valence electrons. The lowest BCUT2D eigenvalue weighted by Gasteiger charge is -2.27. The summed E-state index contributed by atoms with van der Waals surface area (Å²) in [5.41, 5.74) is -0.506. The topological polar surface area (TPSA) is 94.4 Å². The summed E-state index contributed by atoms with van der Waals surface area (Å²) >= 11 is 0. The Morgan fingerprint density at radius 1 is 1.25 bits per heavy atom. The van der Waals surface area contributed by atoms with Crippen molar-refractivity contribution >= 4 is 12.0 Å². The lowest BCUT2D eigenvalue weighted by Crippen LogP contribution is -2.40. The van der Waals surface area contributed by atoms with E-state index in [-0.39, 0.29) is 17.8 Å². The van der Waals surface area contributed by atoms with Crippen molar-refractivity contribution in [2.75, 3.05) is 14.2 Å². The van der Waals surface area contributed by atoms with E-state index in [0.717, 1.165) is 6.21 Å². The van der Waals surface area contributed by atoms with Gasteiger partial charge in [0.15, 0.2) is 6.10 Å². The highest BCUT2D eigenvalue weighted by Crippen LogP contribution is 2.26. The lowest BCUT2D eigenvalue weighted by atomic mass is 9.86. The van der Waals surface area contributed by atoms with Crippen molar-refractivity contribution in [3.63, 3.8) is 0 Å². The van der Waals surface area contributed by atoms with Crippen LogP contribution in [0.2, 0.25) is 0 Å². The summed E-state index contributed by atoms with van der Waals surface area (Å²) in [6.07, 6.45) is -0.135. The van der Waals surface area contributed by atoms with E-state index in [2.05, 4.69) is 9.97 Å². The molecule has 0 fully saturated rings. The predicted molar refractivity (Wildman–Crippen MR) is 72.8 cm³/mol. The van der Waals surface area contributed by atoms with Crippen LogP contribution in [-0.4, -0.2) is 42.3 Å². The highest BCUT2D eigenvalue weighted by atomic mass is 16.5. The first kappa shape index (κ1) is 15.9. The van der Waals surface area contributed by atoms with Gasteiger partial charge >= 0.3 is 6.01 Å². The number of hydrogen-bond donors (Lipinski definition) is 1. The summed E-state index contributed by atoms with van der Waals surface area (Å²) in [5.74, 6) is 0.0755. The van der Waals surface area contributed by atoms with Gasteiger partial charge in [-0.05, 0) is 0 Å². The van der Waals surface area contributed by atoms with Crippen LogP contribution in [0.1, 0.15) is 20.8 Å². The quantitative estimate of drug-likeness (QED) is 0.794. The maximum atomic E-state index is 11.8. The summed E-state index contributed by atoms with van der Waals surface area (Å²) in [4.78, 5) is 19.8. The zero-order valence-electron chi connectivity index (χ0n) is 12.3. The summed E-state index contributed by atoms with van der Waals surface area (Å²) in [5, 5.41) is 7.10. The van der Waals surface area contributed by atoms with Crippen molar-refractivity contribution in [3.05, 3.63) is 6.07 Å². The number of rotatable bonds is 6. The first-order valence-corrected chi connectivity index (χ1v) is 6.00. The number of nitrogens with one attached hydrogen (secondary N) is 1. The molecule has 20 heavy (non-hydrogen) atoms. The third kappa shape index (κ3) is 3.91. The van der Waals surface area contributed by atoms with Gasteiger partial charge in [0.1, 0.15) is 0 Å². The Bertz CT molecular complexity index is 475. The van der Waals surface area contributed by atoms with Gasteiger partial charge in [0.05, 0.1) is 26.5 Å². The Morgan fingerprint density at radius 2 is 1.75 bits per heavy atom. The van der Waals surface area contributed by atoms with E-state index in [0.29, 0.717) is 0 Å². The van der Waals surface area contributed by atoms with Gasteiger partial charge in [-0.25, -0.2) is 0 Å². The number of ketones is 1. The maximum Gasteiger partial charge on any atom is 0.323 e. The molecular formula is C13H19N3O4. The molecule has 0 saturated carbocycles. The molecule has 0 saturated heterocycles. The molecule has 1 aromatic heterocycles. The van der Waals surface area contributed by atoms with Crippen LogP contribution in [-0.2, 0) is 4.79 Å². The zero-order chi connectivity index (χ0) is 15.3. The van der Waals surface area contributed by atoms with E-state index >= 15 is 0 Å². The Morgan fingerprint density at radius 3 is 2.10 bits per heavy atom. The number of hydrogen-bond acceptors (Lipinski definition) is 7. The molecule has 1 atom stereocenters. The van der Waals surface area contributed by atoms with Gasteiger partial charge in [0, 0.05) is 5.41 Å². The number of ether oxygens (including phenoxy) is 3. The van der Waals surface area contributed by atoms with E-state index in [9.17, 15) is 4.79 Å². The Balaban J connectivity index is 3.10. The third-order valence-electron chi connectivity index (χ3n) is 2.49. The average molecular weight is 281 g/mol. The van der Waals surface area contributed by atoms with Gasteiger partial charge in [-0.1, -0.05) is 20.8 Å². The smallest absolute Gasteiger partial charge is 0.323 e. The number of carbonyl (C=O) groups excluding carboxylic acids is 1. The first-order chi connectivity index (χ1) is 9.31. The Kier molecular flexibility index (Phi) is 5.01. The highest BCUT2D eigenvalue weighted by molar-refractivity contribution is 6.28. The molecule has 1 aromatic rings. The van der Waals surface area contributed by atoms with Crippen molar-refractivity contribution in [1.82, 2.24) is 9.97 Å². The molecule has 7 nitrogen and oxygen atoms in total. The largest absolute Gasteiger partial charge is 0.481 e. The first-order valence-electron chi connectivity index (χ1n) is 6.00. The van der Waals surface area contributed by atoms with Crippen LogP contribution in [0.5, 0.6) is 17.8 Å². The zero-order valence-corrected chi connectivity index (χ0v) is 12.3. The van der Waals surface area contributed by atoms with Crippen LogP contribution in [0.3, 0.4) is 0 Å². The second-order valence-corrected chi connectivity index (χ2v) is 5.15. The van der Waals surface area contributed by atoms with Crippen molar-refractivity contribution < 1.29 is 19.0 Å². The fraction of sp³-hybridized carbons (Fsp3) is 0.538. The molecule has 1 rings (SSSR count). The van der Waals surface area contributed by atoms with Crippen molar-refractivity contribution in [2.45, 2.75) is 26.9 Å². The molecule has 1 unspecified atom stereocenters. The average Bonchev–Trinajstić information content (AvgIpc) is 2.42. The molecule has 0 aromatic carbocycles. The van der Waals surface area contributed by atoms with E-state index in [1.54, 1.807) is 0 Å². The molecule has 0 radical (unpaired) electrons. The van der Waals surface area contributed by atoms with Gasteiger partial charge in [0.25, 0.3) is 0 Å². The minimum absolute atomic E-state index is 0.0312. The minimum atomic E-state index is -0.864. The van der Waals surface area contributed by atoms with Crippen molar-refractivity contribution in [1.29, 1.82) is 5.41 Å². The minimum Gasteiger partial charge on any atom is -0.481 e. The molecule has 0 spiro atoms. The van der Waals surface area contributed by atoms with Crippen LogP contribution in [0, 0.1) is 10.8 Å². The molecule has 0 amide bonds. The van der Waals surface area contributed by atoms with E-state index in [4.69, 9.17) is 19.6 Å².